The van der Waals surface area contributed by atoms with Crippen LogP contribution in [0.1, 0.15) is 5.56 Å². The standard InChI is InChI=1S/C12H10N2O2/c15-11-3-4-12(16)14(11)9-1-2-10-8(7-9)5-6-13-10/h1-4,7,13H,5-6H2. The maximum atomic E-state index is 11.5. The molecule has 2 heterocycles. The summed E-state index contributed by atoms with van der Waals surface area (Å²) in [5.74, 6) is -0.535. The van der Waals surface area contributed by atoms with E-state index in [-0.39, 0.29) is 11.8 Å². The summed E-state index contributed by atoms with van der Waals surface area (Å²) in [7, 11) is 0. The van der Waals surface area contributed by atoms with Crippen LogP contribution in [0.4, 0.5) is 11.4 Å². The van der Waals surface area contributed by atoms with Crippen molar-refractivity contribution < 1.29 is 9.59 Å². The fourth-order valence-electron chi connectivity index (χ4n) is 2.09. The summed E-state index contributed by atoms with van der Waals surface area (Å²) in [5, 5.41) is 3.24. The number of carbonyl (C=O) groups is 2. The molecule has 4 nitrogen and oxygen atoms in total. The summed E-state index contributed by atoms with van der Waals surface area (Å²) in [4.78, 5) is 24.2. The van der Waals surface area contributed by atoms with Gasteiger partial charge in [0.2, 0.25) is 0 Å². The lowest BCUT2D eigenvalue weighted by Crippen LogP contribution is -2.29. The second-order valence-electron chi connectivity index (χ2n) is 3.86. The second-order valence-corrected chi connectivity index (χ2v) is 3.86. The average Bonchev–Trinajstić information content (AvgIpc) is 2.85. The largest absolute Gasteiger partial charge is 0.384 e. The van der Waals surface area contributed by atoms with Crippen LogP contribution in [0.2, 0.25) is 0 Å². The molecule has 0 atom stereocenters. The summed E-state index contributed by atoms with van der Waals surface area (Å²) in [6.45, 7) is 0.916. The predicted molar refractivity (Wildman–Crippen MR) is 60.3 cm³/mol. The zero-order valence-corrected chi connectivity index (χ0v) is 8.56. The molecule has 1 N–H and O–H groups in total. The number of nitrogens with zero attached hydrogens (tertiary/aromatic N) is 1. The van der Waals surface area contributed by atoms with E-state index in [1.165, 1.54) is 17.1 Å². The van der Waals surface area contributed by atoms with Gasteiger partial charge in [-0.3, -0.25) is 9.59 Å². The maximum absolute atomic E-state index is 11.5. The van der Waals surface area contributed by atoms with Gasteiger partial charge in [0.05, 0.1) is 5.69 Å². The number of carbonyl (C=O) groups excluding carboxylic acids is 2. The van der Waals surface area contributed by atoms with E-state index in [4.69, 9.17) is 0 Å². The van der Waals surface area contributed by atoms with E-state index in [0.29, 0.717) is 5.69 Å². The number of rotatable bonds is 1. The highest BCUT2D eigenvalue weighted by atomic mass is 16.2. The Morgan fingerprint density at radius 2 is 1.88 bits per heavy atom. The number of anilines is 2. The Morgan fingerprint density at radius 1 is 1.12 bits per heavy atom. The van der Waals surface area contributed by atoms with E-state index in [1.807, 2.05) is 12.1 Å². The van der Waals surface area contributed by atoms with Gasteiger partial charge in [0.25, 0.3) is 11.8 Å². The molecule has 2 amide bonds. The molecule has 2 aliphatic rings. The molecule has 1 aromatic rings. The number of benzene rings is 1. The van der Waals surface area contributed by atoms with Crippen molar-refractivity contribution in [3.63, 3.8) is 0 Å². The average molecular weight is 214 g/mol. The smallest absolute Gasteiger partial charge is 0.258 e. The molecule has 3 rings (SSSR count). The third-order valence-corrected chi connectivity index (χ3v) is 2.87. The zero-order valence-electron chi connectivity index (χ0n) is 8.56. The Hall–Kier alpha value is -2.10. The molecule has 2 aliphatic heterocycles. The van der Waals surface area contributed by atoms with Crippen molar-refractivity contribution in [3.8, 4) is 0 Å². The first-order valence-corrected chi connectivity index (χ1v) is 5.18. The molecule has 4 heteroatoms. The third-order valence-electron chi connectivity index (χ3n) is 2.87. The van der Waals surface area contributed by atoms with Gasteiger partial charge >= 0.3 is 0 Å². The van der Waals surface area contributed by atoms with Crippen molar-refractivity contribution in [1.82, 2.24) is 0 Å². The van der Waals surface area contributed by atoms with E-state index < -0.39 is 0 Å². The number of nitrogens with one attached hydrogen (secondary N) is 1. The maximum Gasteiger partial charge on any atom is 0.258 e. The van der Waals surface area contributed by atoms with Crippen molar-refractivity contribution in [2.45, 2.75) is 6.42 Å². The fraction of sp³-hybridized carbons (Fsp3) is 0.167. The highest BCUT2D eigenvalue weighted by Gasteiger charge is 2.25. The third kappa shape index (κ3) is 1.23. The summed E-state index contributed by atoms with van der Waals surface area (Å²) < 4.78 is 0. The van der Waals surface area contributed by atoms with Crippen LogP contribution in [0.3, 0.4) is 0 Å². The highest BCUT2D eigenvalue weighted by molar-refractivity contribution is 6.28. The molecule has 0 unspecified atom stereocenters. The van der Waals surface area contributed by atoms with Crippen LogP contribution in [-0.2, 0) is 16.0 Å². The van der Waals surface area contributed by atoms with Gasteiger partial charge in [0, 0.05) is 24.4 Å². The van der Waals surface area contributed by atoms with Gasteiger partial charge < -0.3 is 5.32 Å². The molecule has 0 saturated carbocycles. The first-order valence-electron chi connectivity index (χ1n) is 5.18. The van der Waals surface area contributed by atoms with E-state index >= 15 is 0 Å². The van der Waals surface area contributed by atoms with Gasteiger partial charge in [-0.2, -0.15) is 0 Å². The quantitative estimate of drug-likeness (QED) is 0.712. The highest BCUT2D eigenvalue weighted by Crippen LogP contribution is 2.28. The molecule has 0 fully saturated rings. The Labute approximate surface area is 92.6 Å². The molecule has 0 radical (unpaired) electrons. The minimum Gasteiger partial charge on any atom is -0.384 e. The number of imide groups is 1. The lowest BCUT2D eigenvalue weighted by Gasteiger charge is -2.14. The summed E-state index contributed by atoms with van der Waals surface area (Å²) in [6, 6.07) is 5.61. The van der Waals surface area contributed by atoms with Crippen molar-refractivity contribution in [2.75, 3.05) is 16.8 Å². The van der Waals surface area contributed by atoms with Gasteiger partial charge in [0.15, 0.2) is 0 Å². The molecule has 0 aromatic heterocycles. The van der Waals surface area contributed by atoms with Crippen LogP contribution in [0.5, 0.6) is 0 Å². The van der Waals surface area contributed by atoms with Gasteiger partial charge in [-0.15, -0.1) is 0 Å². The molecular formula is C12H10N2O2. The minimum absolute atomic E-state index is 0.268. The van der Waals surface area contributed by atoms with Gasteiger partial charge in [-0.25, -0.2) is 4.90 Å². The van der Waals surface area contributed by atoms with Crippen LogP contribution < -0.4 is 10.2 Å². The lowest BCUT2D eigenvalue weighted by molar-refractivity contribution is -0.119. The first kappa shape index (κ1) is 9.15. The lowest BCUT2D eigenvalue weighted by atomic mass is 10.1. The summed E-state index contributed by atoms with van der Waals surface area (Å²) in [5.41, 5.74) is 2.91. The molecular weight excluding hydrogens is 204 g/mol. The number of fused-ring (bicyclic) bond motifs is 1. The van der Waals surface area contributed by atoms with E-state index in [2.05, 4.69) is 5.32 Å². The van der Waals surface area contributed by atoms with Crippen LogP contribution in [0, 0.1) is 0 Å². The van der Waals surface area contributed by atoms with Crippen molar-refractivity contribution in [2.24, 2.45) is 0 Å². The second kappa shape index (κ2) is 3.20. The normalized spacial score (nSPS) is 17.9. The predicted octanol–water partition coefficient (Wildman–Crippen LogP) is 1.08. The van der Waals surface area contributed by atoms with E-state index in [9.17, 15) is 9.59 Å². The van der Waals surface area contributed by atoms with Crippen LogP contribution in [-0.4, -0.2) is 18.4 Å². The molecule has 0 spiro atoms. The monoisotopic (exact) mass is 214 g/mol. The van der Waals surface area contributed by atoms with Crippen LogP contribution in [0.15, 0.2) is 30.4 Å². The molecule has 0 saturated heterocycles. The van der Waals surface area contributed by atoms with Gasteiger partial charge in [-0.1, -0.05) is 0 Å². The molecule has 1 aromatic carbocycles. The molecule has 16 heavy (non-hydrogen) atoms. The van der Waals surface area contributed by atoms with Crippen molar-refractivity contribution in [1.29, 1.82) is 0 Å². The van der Waals surface area contributed by atoms with Crippen molar-refractivity contribution in [3.05, 3.63) is 35.9 Å². The Balaban J connectivity index is 2.02. The zero-order chi connectivity index (χ0) is 11.1. The van der Waals surface area contributed by atoms with Crippen LogP contribution in [0.25, 0.3) is 0 Å². The number of hydrogen-bond donors (Lipinski definition) is 1. The Bertz CT molecular complexity index is 502. The topological polar surface area (TPSA) is 49.4 Å². The van der Waals surface area contributed by atoms with E-state index in [0.717, 1.165) is 24.2 Å². The molecule has 0 bridgehead atoms. The summed E-state index contributed by atoms with van der Waals surface area (Å²) in [6.07, 6.45) is 3.54. The molecule has 0 aliphatic carbocycles. The Morgan fingerprint density at radius 3 is 2.62 bits per heavy atom. The minimum atomic E-state index is -0.268. The van der Waals surface area contributed by atoms with Crippen molar-refractivity contribution >= 4 is 23.2 Å². The fourth-order valence-corrected chi connectivity index (χ4v) is 2.09. The molecule has 80 valence electrons. The number of hydrogen-bond acceptors (Lipinski definition) is 3. The first-order chi connectivity index (χ1) is 7.75. The summed E-state index contributed by atoms with van der Waals surface area (Å²) >= 11 is 0. The number of amides is 2. The Kier molecular flexibility index (Phi) is 1.83. The van der Waals surface area contributed by atoms with Gasteiger partial charge in [0.1, 0.15) is 0 Å². The van der Waals surface area contributed by atoms with E-state index in [1.54, 1.807) is 6.07 Å². The SMILES string of the molecule is O=C1C=CC(=O)N1c1ccc2c(c1)CCN2. The van der Waals surface area contributed by atoms with Crippen LogP contribution >= 0.6 is 0 Å². The van der Waals surface area contributed by atoms with Gasteiger partial charge in [-0.05, 0) is 30.2 Å².